The molecule has 3 amide bonds. The van der Waals surface area contributed by atoms with Crippen LogP contribution in [0, 0.1) is 0 Å². The Morgan fingerprint density at radius 1 is 1.28 bits per heavy atom. The molecule has 1 aliphatic rings. The molecule has 1 saturated heterocycles. The van der Waals surface area contributed by atoms with Crippen molar-refractivity contribution < 1.29 is 9.59 Å². The third-order valence-electron chi connectivity index (χ3n) is 2.91. The summed E-state index contributed by atoms with van der Waals surface area (Å²) in [5, 5.41) is 4.67. The molecule has 0 saturated carbocycles. The Hall–Kier alpha value is -1.56. The molecule has 1 aromatic rings. The zero-order valence-corrected chi connectivity index (χ0v) is 11.2. The van der Waals surface area contributed by atoms with Crippen LogP contribution in [0.1, 0.15) is 16.6 Å². The molecule has 0 aromatic carbocycles. The minimum atomic E-state index is -0.0410. The minimum Gasteiger partial charge on any atom is -0.338 e. The van der Waals surface area contributed by atoms with Crippen LogP contribution in [0.5, 0.6) is 0 Å². The maximum absolute atomic E-state index is 12.1. The van der Waals surface area contributed by atoms with Gasteiger partial charge < -0.3 is 15.1 Å². The summed E-state index contributed by atoms with van der Waals surface area (Å²) in [6.45, 7) is 4.94. The van der Waals surface area contributed by atoms with E-state index in [0.29, 0.717) is 32.7 Å². The third-order valence-corrected chi connectivity index (χ3v) is 3.77. The smallest absolute Gasteiger partial charge is 0.317 e. The van der Waals surface area contributed by atoms with Crippen LogP contribution in [0.25, 0.3) is 0 Å². The predicted octanol–water partition coefficient (Wildman–Crippen LogP) is 1.24. The quantitative estimate of drug-likeness (QED) is 0.876. The van der Waals surface area contributed by atoms with Crippen molar-refractivity contribution in [2.24, 2.45) is 0 Å². The van der Waals surface area contributed by atoms with Gasteiger partial charge in [0.15, 0.2) is 0 Å². The van der Waals surface area contributed by atoms with E-state index in [-0.39, 0.29) is 11.9 Å². The first kappa shape index (κ1) is 12.9. The van der Waals surface area contributed by atoms with E-state index in [1.54, 1.807) is 4.90 Å². The lowest BCUT2D eigenvalue weighted by Crippen LogP contribution is -2.53. The van der Waals surface area contributed by atoms with E-state index in [4.69, 9.17) is 0 Å². The molecule has 18 heavy (non-hydrogen) atoms. The van der Waals surface area contributed by atoms with Crippen LogP contribution < -0.4 is 5.32 Å². The summed E-state index contributed by atoms with van der Waals surface area (Å²) in [5.74, 6) is 0.0700. The average molecular weight is 267 g/mol. The van der Waals surface area contributed by atoms with E-state index in [1.807, 2.05) is 29.3 Å². The van der Waals surface area contributed by atoms with E-state index in [9.17, 15) is 9.59 Å². The molecule has 2 rings (SSSR count). The van der Waals surface area contributed by atoms with Crippen LogP contribution in [0.2, 0.25) is 0 Å². The SMILES string of the molecule is CCNC(=O)N1CCN(C(=O)c2cccs2)CC1. The van der Waals surface area contributed by atoms with E-state index in [0.717, 1.165) is 4.88 Å². The lowest BCUT2D eigenvalue weighted by molar-refractivity contribution is 0.0670. The Balaban J connectivity index is 1.87. The van der Waals surface area contributed by atoms with Crippen molar-refractivity contribution in [1.82, 2.24) is 15.1 Å². The van der Waals surface area contributed by atoms with Gasteiger partial charge in [0.1, 0.15) is 0 Å². The Labute approximate surface area is 110 Å². The second kappa shape index (κ2) is 5.86. The molecule has 0 bridgehead atoms. The summed E-state index contributed by atoms with van der Waals surface area (Å²) in [5.41, 5.74) is 0. The Morgan fingerprint density at radius 2 is 1.94 bits per heavy atom. The zero-order chi connectivity index (χ0) is 13.0. The highest BCUT2D eigenvalue weighted by molar-refractivity contribution is 7.12. The fourth-order valence-electron chi connectivity index (χ4n) is 1.93. The van der Waals surface area contributed by atoms with E-state index in [2.05, 4.69) is 5.32 Å². The molecule has 1 fully saturated rings. The van der Waals surface area contributed by atoms with Crippen molar-refractivity contribution in [1.29, 1.82) is 0 Å². The van der Waals surface area contributed by atoms with Gasteiger partial charge in [-0.2, -0.15) is 0 Å². The zero-order valence-electron chi connectivity index (χ0n) is 10.4. The molecule has 1 aromatic heterocycles. The molecule has 0 aliphatic carbocycles. The number of piperazine rings is 1. The minimum absolute atomic E-state index is 0.0410. The van der Waals surface area contributed by atoms with Crippen molar-refractivity contribution in [3.63, 3.8) is 0 Å². The first-order valence-corrected chi connectivity index (χ1v) is 6.96. The molecule has 5 nitrogen and oxygen atoms in total. The van der Waals surface area contributed by atoms with Gasteiger partial charge in [-0.15, -0.1) is 11.3 Å². The highest BCUT2D eigenvalue weighted by Gasteiger charge is 2.24. The third kappa shape index (κ3) is 2.81. The molecule has 0 atom stereocenters. The van der Waals surface area contributed by atoms with Crippen molar-refractivity contribution in [2.45, 2.75) is 6.92 Å². The monoisotopic (exact) mass is 267 g/mol. The number of nitrogens with zero attached hydrogens (tertiary/aromatic N) is 2. The Morgan fingerprint density at radius 3 is 2.50 bits per heavy atom. The number of rotatable bonds is 2. The van der Waals surface area contributed by atoms with Gasteiger partial charge in [0, 0.05) is 32.7 Å². The molecule has 2 heterocycles. The summed E-state index contributed by atoms with van der Waals surface area (Å²) in [7, 11) is 0. The molecule has 0 radical (unpaired) electrons. The summed E-state index contributed by atoms with van der Waals surface area (Å²) in [6.07, 6.45) is 0. The van der Waals surface area contributed by atoms with Crippen LogP contribution in [-0.2, 0) is 0 Å². The lowest BCUT2D eigenvalue weighted by atomic mass is 10.3. The van der Waals surface area contributed by atoms with Gasteiger partial charge in [-0.1, -0.05) is 6.07 Å². The average Bonchev–Trinajstić information content (AvgIpc) is 2.92. The molecular formula is C12H17N3O2S. The van der Waals surface area contributed by atoms with Gasteiger partial charge in [-0.3, -0.25) is 4.79 Å². The van der Waals surface area contributed by atoms with E-state index in [1.165, 1.54) is 11.3 Å². The van der Waals surface area contributed by atoms with Crippen LogP contribution in [0.4, 0.5) is 4.79 Å². The highest BCUT2D eigenvalue weighted by atomic mass is 32.1. The second-order valence-corrected chi connectivity index (χ2v) is 5.04. The summed E-state index contributed by atoms with van der Waals surface area (Å²) in [4.78, 5) is 28.0. The number of urea groups is 1. The van der Waals surface area contributed by atoms with Crippen molar-refractivity contribution in [2.75, 3.05) is 32.7 Å². The molecular weight excluding hydrogens is 250 g/mol. The molecule has 0 unspecified atom stereocenters. The Bertz CT molecular complexity index is 411. The number of carbonyl (C=O) groups excluding carboxylic acids is 2. The molecule has 1 aliphatic heterocycles. The molecule has 98 valence electrons. The van der Waals surface area contributed by atoms with Gasteiger partial charge in [-0.05, 0) is 18.4 Å². The maximum Gasteiger partial charge on any atom is 0.317 e. The van der Waals surface area contributed by atoms with Crippen LogP contribution in [0.15, 0.2) is 17.5 Å². The number of thiophene rings is 1. The normalized spacial score (nSPS) is 15.6. The first-order chi connectivity index (χ1) is 8.72. The number of amides is 3. The summed E-state index contributed by atoms with van der Waals surface area (Å²) < 4.78 is 0. The van der Waals surface area contributed by atoms with Crippen LogP contribution in [0.3, 0.4) is 0 Å². The summed E-state index contributed by atoms with van der Waals surface area (Å²) in [6, 6.07) is 3.67. The van der Waals surface area contributed by atoms with Crippen LogP contribution in [-0.4, -0.2) is 54.5 Å². The number of hydrogen-bond donors (Lipinski definition) is 1. The highest BCUT2D eigenvalue weighted by Crippen LogP contribution is 2.13. The predicted molar refractivity (Wildman–Crippen MR) is 70.9 cm³/mol. The van der Waals surface area contributed by atoms with Crippen molar-refractivity contribution in [3.05, 3.63) is 22.4 Å². The first-order valence-electron chi connectivity index (χ1n) is 6.08. The second-order valence-electron chi connectivity index (χ2n) is 4.09. The van der Waals surface area contributed by atoms with Gasteiger partial charge in [0.2, 0.25) is 0 Å². The molecule has 0 spiro atoms. The van der Waals surface area contributed by atoms with E-state index < -0.39 is 0 Å². The lowest BCUT2D eigenvalue weighted by Gasteiger charge is -2.34. The van der Waals surface area contributed by atoms with Gasteiger partial charge >= 0.3 is 6.03 Å². The summed E-state index contributed by atoms with van der Waals surface area (Å²) >= 11 is 1.46. The molecule has 1 N–H and O–H groups in total. The van der Waals surface area contributed by atoms with E-state index >= 15 is 0 Å². The van der Waals surface area contributed by atoms with Gasteiger partial charge in [0.25, 0.3) is 5.91 Å². The Kier molecular flexibility index (Phi) is 4.19. The topological polar surface area (TPSA) is 52.7 Å². The fourth-order valence-corrected chi connectivity index (χ4v) is 2.62. The van der Waals surface area contributed by atoms with Crippen molar-refractivity contribution in [3.8, 4) is 0 Å². The van der Waals surface area contributed by atoms with Gasteiger partial charge in [-0.25, -0.2) is 4.79 Å². The van der Waals surface area contributed by atoms with Crippen molar-refractivity contribution >= 4 is 23.3 Å². The largest absolute Gasteiger partial charge is 0.338 e. The van der Waals surface area contributed by atoms with Gasteiger partial charge in [0.05, 0.1) is 4.88 Å². The number of carbonyl (C=O) groups is 2. The number of nitrogens with one attached hydrogen (secondary N) is 1. The fraction of sp³-hybridized carbons (Fsp3) is 0.500. The molecule has 6 heteroatoms. The number of hydrogen-bond acceptors (Lipinski definition) is 3. The maximum atomic E-state index is 12.1. The standard InChI is InChI=1S/C12H17N3O2S/c1-2-13-12(17)15-7-5-14(6-8-15)11(16)10-4-3-9-18-10/h3-4,9H,2,5-8H2,1H3,(H,13,17). The van der Waals surface area contributed by atoms with Crippen LogP contribution >= 0.6 is 11.3 Å².